The molecule has 2 aliphatic heterocycles. The van der Waals surface area contributed by atoms with E-state index in [4.69, 9.17) is 0 Å². The standard InChI is InChI=1S/C17H23N3O2/c1-13-11-16(21)18-14-7-3-4-8-15(14)20(13)17(22)12-19-9-5-2-6-10-19/h3-4,7-8,13H,2,5-6,9-12H2,1H3,(H,18,21)/p+1/t13-/m1/s1. The molecule has 3 rings (SSSR count). The molecule has 1 aromatic rings. The summed E-state index contributed by atoms with van der Waals surface area (Å²) in [6.45, 7) is 4.62. The van der Waals surface area contributed by atoms with Gasteiger partial charge in [-0.3, -0.25) is 9.59 Å². The van der Waals surface area contributed by atoms with Crippen molar-refractivity contribution in [3.63, 3.8) is 0 Å². The molecular formula is C17H24N3O2+. The van der Waals surface area contributed by atoms with Gasteiger partial charge in [-0.25, -0.2) is 0 Å². The minimum absolute atomic E-state index is 0.0273. The molecule has 0 aromatic heterocycles. The van der Waals surface area contributed by atoms with Crippen LogP contribution >= 0.6 is 0 Å². The third-order valence-corrected chi connectivity index (χ3v) is 4.59. The molecule has 0 spiro atoms. The average molecular weight is 302 g/mol. The topological polar surface area (TPSA) is 53.9 Å². The number of hydrogen-bond acceptors (Lipinski definition) is 2. The molecule has 5 nitrogen and oxygen atoms in total. The normalized spacial score (nSPS) is 22.7. The maximum absolute atomic E-state index is 12.9. The van der Waals surface area contributed by atoms with Crippen molar-refractivity contribution in [2.75, 3.05) is 29.9 Å². The van der Waals surface area contributed by atoms with Gasteiger partial charge in [0.1, 0.15) is 0 Å². The van der Waals surface area contributed by atoms with Gasteiger partial charge in [0.25, 0.3) is 5.91 Å². The number of anilines is 2. The van der Waals surface area contributed by atoms with E-state index in [1.165, 1.54) is 24.2 Å². The molecule has 118 valence electrons. The highest BCUT2D eigenvalue weighted by atomic mass is 16.2. The lowest BCUT2D eigenvalue weighted by molar-refractivity contribution is -0.896. The van der Waals surface area contributed by atoms with E-state index in [2.05, 4.69) is 5.32 Å². The number of amides is 2. The van der Waals surface area contributed by atoms with Crippen molar-refractivity contribution >= 4 is 23.2 Å². The molecule has 2 N–H and O–H groups in total. The first kappa shape index (κ1) is 15.0. The zero-order chi connectivity index (χ0) is 15.5. The summed E-state index contributed by atoms with van der Waals surface area (Å²) in [6, 6.07) is 7.46. The number of benzene rings is 1. The molecule has 1 atom stereocenters. The first-order chi connectivity index (χ1) is 10.6. The first-order valence-electron chi connectivity index (χ1n) is 8.19. The first-order valence-corrected chi connectivity index (χ1v) is 8.19. The van der Waals surface area contributed by atoms with Gasteiger partial charge in [-0.15, -0.1) is 0 Å². The minimum Gasteiger partial charge on any atom is -0.327 e. The molecule has 2 heterocycles. The Kier molecular flexibility index (Phi) is 4.43. The maximum Gasteiger partial charge on any atom is 0.282 e. The molecular weight excluding hydrogens is 278 g/mol. The summed E-state index contributed by atoms with van der Waals surface area (Å²) < 4.78 is 0. The molecule has 2 aliphatic rings. The van der Waals surface area contributed by atoms with E-state index in [0.29, 0.717) is 13.0 Å². The summed E-state index contributed by atoms with van der Waals surface area (Å²) in [5.41, 5.74) is 1.56. The van der Waals surface area contributed by atoms with E-state index >= 15 is 0 Å². The van der Waals surface area contributed by atoms with Crippen molar-refractivity contribution in [2.24, 2.45) is 0 Å². The number of hydrogen-bond donors (Lipinski definition) is 2. The highest BCUT2D eigenvalue weighted by Gasteiger charge is 2.31. The van der Waals surface area contributed by atoms with Crippen molar-refractivity contribution in [3.05, 3.63) is 24.3 Å². The molecule has 1 fully saturated rings. The fraction of sp³-hybridized carbons (Fsp3) is 0.529. The fourth-order valence-electron chi connectivity index (χ4n) is 3.50. The summed E-state index contributed by atoms with van der Waals surface area (Å²) in [4.78, 5) is 28.0. The van der Waals surface area contributed by atoms with Crippen molar-refractivity contribution in [2.45, 2.75) is 38.6 Å². The third kappa shape index (κ3) is 3.14. The molecule has 1 aromatic carbocycles. The highest BCUT2D eigenvalue weighted by Crippen LogP contribution is 2.30. The van der Waals surface area contributed by atoms with Crippen LogP contribution in [-0.2, 0) is 9.59 Å². The maximum atomic E-state index is 12.9. The Labute approximate surface area is 131 Å². The zero-order valence-corrected chi connectivity index (χ0v) is 13.1. The van der Waals surface area contributed by atoms with Gasteiger partial charge >= 0.3 is 0 Å². The Balaban J connectivity index is 1.83. The minimum atomic E-state index is -0.111. The van der Waals surface area contributed by atoms with Crippen LogP contribution in [0.4, 0.5) is 11.4 Å². The van der Waals surface area contributed by atoms with E-state index < -0.39 is 0 Å². The van der Waals surface area contributed by atoms with Gasteiger partial charge in [0.15, 0.2) is 6.54 Å². The molecule has 0 unspecified atom stereocenters. The smallest absolute Gasteiger partial charge is 0.282 e. The second-order valence-corrected chi connectivity index (χ2v) is 6.37. The number of carbonyl (C=O) groups excluding carboxylic acids is 2. The lowest BCUT2D eigenvalue weighted by Gasteiger charge is -2.30. The Morgan fingerprint density at radius 1 is 1.27 bits per heavy atom. The summed E-state index contributed by atoms with van der Waals surface area (Å²) in [5, 5.41) is 2.90. The SMILES string of the molecule is C[C@@H]1CC(=O)Nc2ccccc2N1C(=O)C[NH+]1CCCCC1. The second-order valence-electron chi connectivity index (χ2n) is 6.37. The molecule has 1 saturated heterocycles. The van der Waals surface area contributed by atoms with E-state index in [1.54, 1.807) is 0 Å². The number of piperidine rings is 1. The predicted molar refractivity (Wildman–Crippen MR) is 86.1 cm³/mol. The van der Waals surface area contributed by atoms with Crippen LogP contribution < -0.4 is 15.1 Å². The lowest BCUT2D eigenvalue weighted by atomic mass is 10.1. The van der Waals surface area contributed by atoms with Gasteiger partial charge in [-0.05, 0) is 38.3 Å². The fourth-order valence-corrected chi connectivity index (χ4v) is 3.50. The Bertz CT molecular complexity index is 567. The number of nitrogens with one attached hydrogen (secondary N) is 2. The predicted octanol–water partition coefficient (Wildman–Crippen LogP) is 0.819. The lowest BCUT2D eigenvalue weighted by Crippen LogP contribution is -3.14. The number of carbonyl (C=O) groups is 2. The number of para-hydroxylation sites is 2. The number of nitrogens with zero attached hydrogens (tertiary/aromatic N) is 1. The molecule has 2 amide bonds. The van der Waals surface area contributed by atoms with Gasteiger partial charge in [0.2, 0.25) is 5.91 Å². The van der Waals surface area contributed by atoms with Crippen molar-refractivity contribution in [1.29, 1.82) is 0 Å². The summed E-state index contributed by atoms with van der Waals surface area (Å²) in [5.74, 6) is 0.0916. The molecule has 0 radical (unpaired) electrons. The number of quaternary nitrogens is 1. The van der Waals surface area contributed by atoms with Gasteiger partial charge < -0.3 is 15.1 Å². The Hall–Kier alpha value is -1.88. The Morgan fingerprint density at radius 3 is 2.77 bits per heavy atom. The monoisotopic (exact) mass is 302 g/mol. The quantitative estimate of drug-likeness (QED) is 0.850. The molecule has 22 heavy (non-hydrogen) atoms. The number of rotatable bonds is 2. The Morgan fingerprint density at radius 2 is 2.00 bits per heavy atom. The van der Waals surface area contributed by atoms with Gasteiger partial charge in [0, 0.05) is 12.5 Å². The summed E-state index contributed by atoms with van der Waals surface area (Å²) in [7, 11) is 0. The second kappa shape index (κ2) is 6.48. The molecule has 0 saturated carbocycles. The van der Waals surface area contributed by atoms with Crippen LogP contribution in [0.15, 0.2) is 24.3 Å². The van der Waals surface area contributed by atoms with E-state index in [-0.39, 0.29) is 17.9 Å². The molecule has 0 bridgehead atoms. The zero-order valence-electron chi connectivity index (χ0n) is 13.1. The number of likely N-dealkylation sites (tertiary alicyclic amines) is 1. The van der Waals surface area contributed by atoms with Crippen molar-refractivity contribution in [1.82, 2.24) is 0 Å². The van der Waals surface area contributed by atoms with Crippen molar-refractivity contribution in [3.8, 4) is 0 Å². The molecule has 5 heteroatoms. The van der Waals surface area contributed by atoms with E-state index in [1.807, 2.05) is 36.1 Å². The van der Waals surface area contributed by atoms with Crippen LogP contribution in [0.2, 0.25) is 0 Å². The van der Waals surface area contributed by atoms with Crippen LogP contribution in [0.3, 0.4) is 0 Å². The van der Waals surface area contributed by atoms with E-state index in [9.17, 15) is 9.59 Å². The van der Waals surface area contributed by atoms with Gasteiger partial charge in [0.05, 0.1) is 24.5 Å². The summed E-state index contributed by atoms with van der Waals surface area (Å²) >= 11 is 0. The van der Waals surface area contributed by atoms with Gasteiger partial charge in [-0.2, -0.15) is 0 Å². The highest BCUT2D eigenvalue weighted by molar-refractivity contribution is 6.04. The molecule has 0 aliphatic carbocycles. The van der Waals surface area contributed by atoms with Crippen molar-refractivity contribution < 1.29 is 14.5 Å². The van der Waals surface area contributed by atoms with Gasteiger partial charge in [-0.1, -0.05) is 12.1 Å². The van der Waals surface area contributed by atoms with Crippen LogP contribution in [-0.4, -0.2) is 37.5 Å². The van der Waals surface area contributed by atoms with Crippen LogP contribution in [0, 0.1) is 0 Å². The average Bonchev–Trinajstić information content (AvgIpc) is 2.62. The van der Waals surface area contributed by atoms with Crippen LogP contribution in [0.5, 0.6) is 0 Å². The number of fused-ring (bicyclic) bond motifs is 1. The van der Waals surface area contributed by atoms with Crippen LogP contribution in [0.1, 0.15) is 32.6 Å². The van der Waals surface area contributed by atoms with E-state index in [0.717, 1.165) is 24.5 Å². The largest absolute Gasteiger partial charge is 0.327 e. The summed E-state index contributed by atoms with van der Waals surface area (Å²) in [6.07, 6.45) is 4.03. The third-order valence-electron chi connectivity index (χ3n) is 4.59. The van der Waals surface area contributed by atoms with Crippen LogP contribution in [0.25, 0.3) is 0 Å².